The van der Waals surface area contributed by atoms with E-state index < -0.39 is 16.8 Å². The van der Waals surface area contributed by atoms with Gasteiger partial charge in [-0.15, -0.1) is 0 Å². The summed E-state index contributed by atoms with van der Waals surface area (Å²) >= 11 is 3.35. The van der Waals surface area contributed by atoms with E-state index in [4.69, 9.17) is 0 Å². The standard InChI is InChI=1S/C14H12BrNO3S/c1-19-14(17)10-5-6-12(16-8-10)9-20(18)13-4-2-3-11(15)7-13/h2-8H,9H2,1H3. The molecular weight excluding hydrogens is 342 g/mol. The third-order valence-corrected chi connectivity index (χ3v) is 4.41. The molecule has 0 radical (unpaired) electrons. The van der Waals surface area contributed by atoms with E-state index in [9.17, 15) is 9.00 Å². The van der Waals surface area contributed by atoms with Gasteiger partial charge in [0.15, 0.2) is 0 Å². The Morgan fingerprint density at radius 3 is 2.75 bits per heavy atom. The largest absolute Gasteiger partial charge is 0.465 e. The monoisotopic (exact) mass is 353 g/mol. The van der Waals surface area contributed by atoms with Gasteiger partial charge in [0.1, 0.15) is 0 Å². The Labute approximate surface area is 127 Å². The summed E-state index contributed by atoms with van der Waals surface area (Å²) in [5.41, 5.74) is 1.04. The average Bonchev–Trinajstić information content (AvgIpc) is 2.47. The summed E-state index contributed by atoms with van der Waals surface area (Å²) < 4.78 is 17.7. The molecule has 1 aromatic heterocycles. The predicted molar refractivity (Wildman–Crippen MR) is 79.8 cm³/mol. The van der Waals surface area contributed by atoms with Crippen LogP contribution in [-0.4, -0.2) is 22.3 Å². The first kappa shape index (κ1) is 14.9. The van der Waals surface area contributed by atoms with Crippen LogP contribution in [0.2, 0.25) is 0 Å². The second kappa shape index (κ2) is 6.76. The first-order valence-corrected chi connectivity index (χ1v) is 7.88. The van der Waals surface area contributed by atoms with Crippen molar-refractivity contribution >= 4 is 32.7 Å². The van der Waals surface area contributed by atoms with Crippen LogP contribution < -0.4 is 0 Å². The summed E-state index contributed by atoms with van der Waals surface area (Å²) in [5, 5.41) is 0. The molecule has 1 unspecified atom stereocenters. The molecule has 0 spiro atoms. The quantitative estimate of drug-likeness (QED) is 0.793. The number of rotatable bonds is 4. The highest BCUT2D eigenvalue weighted by Crippen LogP contribution is 2.17. The van der Waals surface area contributed by atoms with Crippen LogP contribution in [0.25, 0.3) is 0 Å². The van der Waals surface area contributed by atoms with Crippen molar-refractivity contribution in [2.24, 2.45) is 0 Å². The first-order valence-electron chi connectivity index (χ1n) is 5.77. The van der Waals surface area contributed by atoms with Crippen molar-refractivity contribution in [2.75, 3.05) is 7.11 Å². The predicted octanol–water partition coefficient (Wildman–Crippen LogP) is 2.94. The van der Waals surface area contributed by atoms with Gasteiger partial charge in [-0.05, 0) is 30.3 Å². The number of halogens is 1. The van der Waals surface area contributed by atoms with Crippen molar-refractivity contribution in [3.63, 3.8) is 0 Å². The molecule has 0 fully saturated rings. The molecule has 0 aliphatic carbocycles. The molecule has 20 heavy (non-hydrogen) atoms. The van der Waals surface area contributed by atoms with Gasteiger partial charge in [-0.3, -0.25) is 9.19 Å². The molecule has 1 heterocycles. The summed E-state index contributed by atoms with van der Waals surface area (Å²) in [6.45, 7) is 0. The molecule has 4 nitrogen and oxygen atoms in total. The van der Waals surface area contributed by atoms with Crippen LogP contribution >= 0.6 is 15.9 Å². The molecule has 2 aromatic rings. The minimum absolute atomic E-state index is 0.303. The molecule has 0 aliphatic heterocycles. The summed E-state index contributed by atoms with van der Waals surface area (Å²) in [5.74, 6) is -0.130. The van der Waals surface area contributed by atoms with E-state index in [1.54, 1.807) is 12.1 Å². The van der Waals surface area contributed by atoms with Gasteiger partial charge in [-0.25, -0.2) is 4.79 Å². The SMILES string of the molecule is COC(=O)c1ccc(CS(=O)c2cccc(Br)c2)nc1. The number of hydrogen-bond acceptors (Lipinski definition) is 4. The Morgan fingerprint density at radius 1 is 1.35 bits per heavy atom. The molecular formula is C14H12BrNO3S. The van der Waals surface area contributed by atoms with E-state index >= 15 is 0 Å². The smallest absolute Gasteiger partial charge is 0.339 e. The van der Waals surface area contributed by atoms with Crippen LogP contribution in [0.5, 0.6) is 0 Å². The van der Waals surface area contributed by atoms with E-state index in [2.05, 4.69) is 25.7 Å². The summed E-state index contributed by atoms with van der Waals surface area (Å²) in [7, 11) is 0.146. The molecule has 0 amide bonds. The van der Waals surface area contributed by atoms with Crippen molar-refractivity contribution in [1.29, 1.82) is 0 Å². The molecule has 6 heteroatoms. The number of pyridine rings is 1. The Balaban J connectivity index is 2.10. The van der Waals surface area contributed by atoms with Gasteiger partial charge in [0.05, 0.1) is 34.9 Å². The Kier molecular flexibility index (Phi) is 5.03. The van der Waals surface area contributed by atoms with E-state index in [-0.39, 0.29) is 0 Å². The highest BCUT2D eigenvalue weighted by Gasteiger charge is 2.09. The lowest BCUT2D eigenvalue weighted by atomic mass is 10.2. The zero-order valence-corrected chi connectivity index (χ0v) is 13.1. The summed E-state index contributed by atoms with van der Waals surface area (Å²) in [6.07, 6.45) is 1.43. The molecule has 1 aromatic carbocycles. The molecule has 0 aliphatic rings. The van der Waals surface area contributed by atoms with Crippen LogP contribution in [0, 0.1) is 0 Å². The van der Waals surface area contributed by atoms with Gasteiger partial charge >= 0.3 is 5.97 Å². The number of esters is 1. The van der Waals surface area contributed by atoms with Crippen LogP contribution in [0.1, 0.15) is 16.1 Å². The number of carbonyl (C=O) groups excluding carboxylic acids is 1. The molecule has 104 valence electrons. The van der Waals surface area contributed by atoms with E-state index in [0.29, 0.717) is 17.0 Å². The Hall–Kier alpha value is -1.53. The Bertz CT molecular complexity index is 643. The van der Waals surface area contributed by atoms with Crippen molar-refractivity contribution in [3.05, 3.63) is 58.3 Å². The van der Waals surface area contributed by atoms with Crippen molar-refractivity contribution < 1.29 is 13.7 Å². The number of benzene rings is 1. The normalized spacial score (nSPS) is 11.9. The molecule has 1 atom stereocenters. The summed E-state index contributed by atoms with van der Waals surface area (Å²) in [4.78, 5) is 16.1. The number of aromatic nitrogens is 1. The maximum absolute atomic E-state index is 12.2. The van der Waals surface area contributed by atoms with Gasteiger partial charge < -0.3 is 4.74 Å². The molecule has 0 N–H and O–H groups in total. The fourth-order valence-corrected chi connectivity index (χ4v) is 3.22. The van der Waals surface area contributed by atoms with Gasteiger partial charge in [0, 0.05) is 15.6 Å². The van der Waals surface area contributed by atoms with E-state index in [0.717, 1.165) is 9.37 Å². The molecule has 0 saturated carbocycles. The van der Waals surface area contributed by atoms with Crippen LogP contribution in [0.4, 0.5) is 0 Å². The first-order chi connectivity index (χ1) is 9.60. The van der Waals surface area contributed by atoms with Crippen LogP contribution in [0.3, 0.4) is 0 Å². The van der Waals surface area contributed by atoms with Crippen LogP contribution in [0.15, 0.2) is 52.0 Å². The zero-order valence-electron chi connectivity index (χ0n) is 10.7. The molecule has 2 rings (SSSR count). The number of methoxy groups -OCH3 is 1. The van der Waals surface area contributed by atoms with Crippen molar-refractivity contribution in [2.45, 2.75) is 10.6 Å². The minimum Gasteiger partial charge on any atom is -0.465 e. The third kappa shape index (κ3) is 3.74. The van der Waals surface area contributed by atoms with E-state index in [1.807, 2.05) is 24.3 Å². The number of hydrogen-bond donors (Lipinski definition) is 0. The second-order valence-electron chi connectivity index (χ2n) is 3.98. The van der Waals surface area contributed by atoms with Crippen molar-refractivity contribution in [1.82, 2.24) is 4.98 Å². The maximum Gasteiger partial charge on any atom is 0.339 e. The second-order valence-corrected chi connectivity index (χ2v) is 6.34. The maximum atomic E-state index is 12.2. The van der Waals surface area contributed by atoms with Crippen LogP contribution in [-0.2, 0) is 21.3 Å². The number of carbonyl (C=O) groups is 1. The van der Waals surface area contributed by atoms with E-state index in [1.165, 1.54) is 13.3 Å². The zero-order chi connectivity index (χ0) is 14.5. The van der Waals surface area contributed by atoms with Gasteiger partial charge in [0.2, 0.25) is 0 Å². The highest BCUT2D eigenvalue weighted by molar-refractivity contribution is 9.10. The third-order valence-electron chi connectivity index (χ3n) is 2.58. The van der Waals surface area contributed by atoms with Gasteiger partial charge in [-0.1, -0.05) is 22.0 Å². The number of ether oxygens (including phenoxy) is 1. The highest BCUT2D eigenvalue weighted by atomic mass is 79.9. The number of nitrogens with zero attached hydrogens (tertiary/aromatic N) is 1. The Morgan fingerprint density at radius 2 is 2.15 bits per heavy atom. The van der Waals surface area contributed by atoms with Gasteiger partial charge in [0.25, 0.3) is 0 Å². The minimum atomic E-state index is -1.17. The summed E-state index contributed by atoms with van der Waals surface area (Å²) in [6, 6.07) is 10.6. The fraction of sp³-hybridized carbons (Fsp3) is 0.143. The topological polar surface area (TPSA) is 56.3 Å². The lowest BCUT2D eigenvalue weighted by Crippen LogP contribution is -2.04. The van der Waals surface area contributed by atoms with Gasteiger partial charge in [-0.2, -0.15) is 0 Å². The lowest BCUT2D eigenvalue weighted by Gasteiger charge is -2.04. The molecule has 0 bridgehead atoms. The van der Waals surface area contributed by atoms with Crippen molar-refractivity contribution in [3.8, 4) is 0 Å². The lowest BCUT2D eigenvalue weighted by molar-refractivity contribution is 0.0600. The molecule has 0 saturated heterocycles. The average molecular weight is 354 g/mol. The fourth-order valence-electron chi connectivity index (χ4n) is 1.57.